The number of nitrogens with one attached hydrogen (secondary N) is 1. The van der Waals surface area contributed by atoms with Gasteiger partial charge in [0.2, 0.25) is 0 Å². The van der Waals surface area contributed by atoms with Crippen LogP contribution >= 0.6 is 21.6 Å². The summed E-state index contributed by atoms with van der Waals surface area (Å²) in [6.45, 7) is 5.21. The van der Waals surface area contributed by atoms with Gasteiger partial charge in [-0.3, -0.25) is 29.0 Å². The van der Waals surface area contributed by atoms with Crippen molar-refractivity contribution in [2.24, 2.45) is 0 Å². The van der Waals surface area contributed by atoms with Crippen molar-refractivity contribution in [2.45, 2.75) is 25.7 Å². The summed E-state index contributed by atoms with van der Waals surface area (Å²) in [6, 6.07) is 19.2. The predicted octanol–water partition coefficient (Wildman–Crippen LogP) is 6.80. The summed E-state index contributed by atoms with van der Waals surface area (Å²) in [5, 5.41) is 7.08. The third-order valence-electron chi connectivity index (χ3n) is 10.7. The lowest BCUT2D eigenvalue weighted by Crippen LogP contribution is -2.43. The van der Waals surface area contributed by atoms with Gasteiger partial charge >= 0.3 is 0 Å². The van der Waals surface area contributed by atoms with Gasteiger partial charge < -0.3 is 14.3 Å². The Balaban J connectivity index is 0.874. The highest BCUT2D eigenvalue weighted by Gasteiger charge is 2.32. The first-order valence-corrected chi connectivity index (χ1v) is 20.7. The lowest BCUT2D eigenvalue weighted by atomic mass is 9.90. The second-order valence-electron chi connectivity index (χ2n) is 15.4. The molecule has 0 aromatic heterocycles. The zero-order chi connectivity index (χ0) is 37.2. The number of nitrogens with zero attached hydrogens (tertiary/aromatic N) is 4. The molecule has 52 heavy (non-hydrogen) atoms. The largest absolute Gasteiger partial charge is 0.384 e. The van der Waals surface area contributed by atoms with Crippen LogP contribution in [0.1, 0.15) is 66.3 Å². The smallest absolute Gasteiger partial charge is 0.261 e. The molecule has 0 saturated carbocycles. The predicted molar refractivity (Wildman–Crippen MR) is 215 cm³/mol. The fourth-order valence-corrected chi connectivity index (χ4v) is 9.89. The number of carbonyl (C=O) groups is 4. The van der Waals surface area contributed by atoms with Gasteiger partial charge in [-0.25, -0.2) is 0 Å². The van der Waals surface area contributed by atoms with E-state index < -0.39 is 0 Å². The van der Waals surface area contributed by atoms with Gasteiger partial charge in [0, 0.05) is 71.2 Å². The molecule has 2 aliphatic rings. The Morgan fingerprint density at radius 1 is 0.558 bits per heavy atom. The zero-order valence-corrected chi connectivity index (χ0v) is 32.9. The summed E-state index contributed by atoms with van der Waals surface area (Å²) < 4.78 is 1.95. The van der Waals surface area contributed by atoms with Gasteiger partial charge in [0.05, 0.1) is 65.9 Å². The van der Waals surface area contributed by atoms with Gasteiger partial charge in [-0.05, 0) is 60.5 Å². The van der Waals surface area contributed by atoms with Crippen molar-refractivity contribution in [1.29, 1.82) is 0 Å². The molecule has 0 saturated heterocycles. The van der Waals surface area contributed by atoms with Crippen molar-refractivity contribution in [3.8, 4) is 0 Å². The van der Waals surface area contributed by atoms with E-state index in [1.54, 1.807) is 13.1 Å². The topological polar surface area (TPSA) is 86.8 Å². The molecule has 4 amide bonds. The van der Waals surface area contributed by atoms with E-state index in [-0.39, 0.29) is 23.6 Å². The van der Waals surface area contributed by atoms with Crippen LogP contribution in [0.15, 0.2) is 60.7 Å². The Morgan fingerprint density at radius 2 is 1.04 bits per heavy atom. The minimum atomic E-state index is -0.249. The molecule has 2 aliphatic heterocycles. The molecule has 4 aromatic carbocycles. The summed E-state index contributed by atoms with van der Waals surface area (Å²) in [5.41, 5.74) is 4.58. The molecule has 4 aromatic rings. The van der Waals surface area contributed by atoms with Crippen LogP contribution in [-0.2, 0) is 6.42 Å². The van der Waals surface area contributed by atoms with E-state index >= 15 is 0 Å². The number of rotatable bonds is 17. The number of quaternary nitrogens is 2. The van der Waals surface area contributed by atoms with E-state index in [1.165, 1.54) is 22.4 Å². The minimum absolute atomic E-state index is 0.224. The fourth-order valence-electron chi connectivity index (χ4n) is 7.36. The lowest BCUT2D eigenvalue weighted by Gasteiger charge is -2.30. The Kier molecular flexibility index (Phi) is 11.4. The van der Waals surface area contributed by atoms with E-state index in [9.17, 15) is 19.2 Å². The summed E-state index contributed by atoms with van der Waals surface area (Å²) in [5.74, 6) is 1.27. The monoisotopic (exact) mass is 741 g/mol. The van der Waals surface area contributed by atoms with E-state index in [1.807, 2.05) is 70.1 Å². The first-order valence-electron chi connectivity index (χ1n) is 18.2. The molecule has 0 spiro atoms. The van der Waals surface area contributed by atoms with Crippen molar-refractivity contribution in [1.82, 2.24) is 9.80 Å². The first-order chi connectivity index (χ1) is 24.8. The van der Waals surface area contributed by atoms with Gasteiger partial charge in [0.25, 0.3) is 23.6 Å². The van der Waals surface area contributed by atoms with Crippen molar-refractivity contribution >= 4 is 72.4 Å². The number of imide groups is 2. The minimum Gasteiger partial charge on any atom is -0.384 e. The standard InChI is InChI=1S/C41H50N5O4S2/c1-43-38(47)31-15-9-13-29-28(17-18-33(36(29)31)40(43)49)12-7-8-22-45(3,4)24-26-51-52-27-25-46(5,6)23-11-21-42-35-20-19-34-37-30(35)14-10-16-32(37)39(48)44(2)41(34)50/h9-10,13-20H,7-8,11-12,21-27H2,1-6H3/q+1/p+1. The number of hydrogen-bond acceptors (Lipinski definition) is 7. The first kappa shape index (κ1) is 37.8. The quantitative estimate of drug-likeness (QED) is 0.0552. The van der Waals surface area contributed by atoms with Crippen molar-refractivity contribution in [3.63, 3.8) is 0 Å². The van der Waals surface area contributed by atoms with E-state index in [0.717, 1.165) is 106 Å². The van der Waals surface area contributed by atoms with Crippen LogP contribution in [0.2, 0.25) is 0 Å². The van der Waals surface area contributed by atoms with Crippen LogP contribution in [0.25, 0.3) is 21.5 Å². The molecule has 9 nitrogen and oxygen atoms in total. The Bertz CT molecular complexity index is 1860. The lowest BCUT2D eigenvalue weighted by molar-refractivity contribution is -0.888. The maximum absolute atomic E-state index is 12.7. The molecular formula is C41H51N5O4S2+2. The van der Waals surface area contributed by atoms with Crippen LogP contribution in [0, 0.1) is 0 Å². The number of aryl methyl sites for hydroxylation is 1. The molecule has 2 heterocycles. The third kappa shape index (κ3) is 7.88. The summed E-state index contributed by atoms with van der Waals surface area (Å²) in [4.78, 5) is 53.3. The number of carbonyl (C=O) groups excluding carboxylic acids is 4. The molecule has 0 aliphatic carbocycles. The van der Waals surface area contributed by atoms with Crippen LogP contribution < -0.4 is 5.32 Å². The summed E-state index contributed by atoms with van der Waals surface area (Å²) >= 11 is 0. The van der Waals surface area contributed by atoms with Crippen molar-refractivity contribution < 1.29 is 28.1 Å². The molecule has 0 fully saturated rings. The highest BCUT2D eigenvalue weighted by molar-refractivity contribution is 8.76. The average Bonchev–Trinajstić information content (AvgIpc) is 3.13. The second-order valence-corrected chi connectivity index (χ2v) is 18.1. The Hall–Kier alpha value is -3.90. The van der Waals surface area contributed by atoms with E-state index in [2.05, 4.69) is 39.6 Å². The Morgan fingerprint density at radius 3 is 1.62 bits per heavy atom. The number of hydrogen-bond donors (Lipinski definition) is 1. The van der Waals surface area contributed by atoms with Gasteiger partial charge in [0.1, 0.15) is 0 Å². The number of unbranched alkanes of at least 4 members (excludes halogenated alkanes) is 1. The number of benzene rings is 4. The number of anilines is 1. The highest BCUT2D eigenvalue weighted by Crippen LogP contribution is 2.35. The second kappa shape index (κ2) is 15.6. The molecule has 0 radical (unpaired) electrons. The maximum Gasteiger partial charge on any atom is 0.261 e. The zero-order valence-electron chi connectivity index (χ0n) is 31.3. The van der Waals surface area contributed by atoms with Crippen LogP contribution in [0.4, 0.5) is 5.69 Å². The number of amides is 4. The summed E-state index contributed by atoms with van der Waals surface area (Å²) in [7, 11) is 16.3. The van der Waals surface area contributed by atoms with Gasteiger partial charge in [-0.1, -0.05) is 51.9 Å². The molecule has 0 unspecified atom stereocenters. The third-order valence-corrected chi connectivity index (χ3v) is 13.0. The van der Waals surface area contributed by atoms with Crippen molar-refractivity contribution in [3.05, 3.63) is 88.5 Å². The van der Waals surface area contributed by atoms with Crippen molar-refractivity contribution in [2.75, 3.05) is 91.8 Å². The molecule has 274 valence electrons. The fraction of sp³-hybridized carbons (Fsp3) is 0.415. The SMILES string of the molecule is CN1C(=O)c2cccc3c(CCCC[N+](C)(C)CCSSCC[N+](C)(C)CCCNc4ccc5c6c(cccc46)C(=O)N(C)C5=O)ccc(c23)C1=O. The van der Waals surface area contributed by atoms with E-state index in [4.69, 9.17) is 0 Å². The highest BCUT2D eigenvalue weighted by atomic mass is 33.1. The van der Waals surface area contributed by atoms with Gasteiger partial charge in [-0.15, -0.1) is 0 Å². The summed E-state index contributed by atoms with van der Waals surface area (Å²) in [6.07, 6.45) is 4.13. The average molecular weight is 742 g/mol. The maximum atomic E-state index is 12.7. The molecule has 0 bridgehead atoms. The van der Waals surface area contributed by atoms with Crippen LogP contribution in [0.3, 0.4) is 0 Å². The van der Waals surface area contributed by atoms with Crippen LogP contribution in [-0.4, -0.2) is 129 Å². The van der Waals surface area contributed by atoms with Crippen LogP contribution in [0.5, 0.6) is 0 Å². The molecule has 6 rings (SSSR count). The molecule has 0 atom stereocenters. The Labute approximate surface area is 315 Å². The molecule has 1 N–H and O–H groups in total. The van der Waals surface area contributed by atoms with Gasteiger partial charge in [0.15, 0.2) is 0 Å². The van der Waals surface area contributed by atoms with E-state index in [0.29, 0.717) is 22.3 Å². The molecule has 11 heteroatoms. The normalized spacial score (nSPS) is 14.7. The molecular weight excluding hydrogens is 691 g/mol. The van der Waals surface area contributed by atoms with Gasteiger partial charge in [-0.2, -0.15) is 0 Å².